The Labute approximate surface area is 194 Å². The number of carbonyl (C=O) groups excluding carboxylic acids is 2. The average Bonchev–Trinajstić information content (AvgIpc) is 3.51. The van der Waals surface area contributed by atoms with Gasteiger partial charge >= 0.3 is 0 Å². The zero-order chi connectivity index (χ0) is 22.9. The van der Waals surface area contributed by atoms with Crippen LogP contribution in [0.3, 0.4) is 0 Å². The first-order valence-corrected chi connectivity index (χ1v) is 11.6. The van der Waals surface area contributed by atoms with Crippen molar-refractivity contribution < 1.29 is 14.0 Å². The van der Waals surface area contributed by atoms with Gasteiger partial charge in [0.15, 0.2) is 0 Å². The molecular formula is C27H29N3O3. The Balaban J connectivity index is 1.23. The molecule has 33 heavy (non-hydrogen) atoms. The molecule has 2 amide bonds. The summed E-state index contributed by atoms with van der Waals surface area (Å²) >= 11 is 0. The second-order valence-corrected chi connectivity index (χ2v) is 9.22. The predicted octanol–water partition coefficient (Wildman–Crippen LogP) is 3.88. The number of rotatable bonds is 6. The summed E-state index contributed by atoms with van der Waals surface area (Å²) in [4.78, 5) is 28.8. The van der Waals surface area contributed by atoms with Gasteiger partial charge in [-0.05, 0) is 37.1 Å². The first kappa shape index (κ1) is 21.3. The van der Waals surface area contributed by atoms with Crippen LogP contribution in [-0.2, 0) is 11.2 Å². The van der Waals surface area contributed by atoms with E-state index >= 15 is 0 Å². The summed E-state index contributed by atoms with van der Waals surface area (Å²) < 4.78 is 5.91. The van der Waals surface area contributed by atoms with Crippen LogP contribution in [-0.4, -0.2) is 42.9 Å². The second kappa shape index (κ2) is 8.77. The molecule has 6 heteroatoms. The highest BCUT2D eigenvalue weighted by atomic mass is 16.3. The molecule has 0 spiro atoms. The summed E-state index contributed by atoms with van der Waals surface area (Å²) in [5, 5.41) is 0. The molecule has 3 heterocycles. The maximum atomic E-state index is 13.3. The van der Waals surface area contributed by atoms with Crippen LogP contribution in [0.25, 0.3) is 11.3 Å². The monoisotopic (exact) mass is 443 g/mol. The molecule has 2 fully saturated rings. The molecule has 1 aromatic heterocycles. The molecule has 3 aromatic rings. The lowest BCUT2D eigenvalue weighted by Crippen LogP contribution is -2.33. The van der Waals surface area contributed by atoms with Crippen LogP contribution in [0.1, 0.15) is 28.1 Å². The topological polar surface area (TPSA) is 79.8 Å². The highest BCUT2D eigenvalue weighted by molar-refractivity contribution is 5.96. The zero-order valence-electron chi connectivity index (χ0n) is 18.9. The summed E-state index contributed by atoms with van der Waals surface area (Å²) in [5.41, 5.74) is 9.25. The van der Waals surface area contributed by atoms with E-state index < -0.39 is 0 Å². The minimum absolute atomic E-state index is 0.0628. The molecule has 2 unspecified atom stereocenters. The first-order valence-electron chi connectivity index (χ1n) is 11.6. The van der Waals surface area contributed by atoms with Gasteiger partial charge < -0.3 is 20.0 Å². The Morgan fingerprint density at radius 2 is 1.70 bits per heavy atom. The van der Waals surface area contributed by atoms with E-state index in [1.165, 1.54) is 5.69 Å². The van der Waals surface area contributed by atoms with E-state index in [2.05, 4.69) is 17.0 Å². The number of benzene rings is 2. The van der Waals surface area contributed by atoms with E-state index in [1.807, 2.05) is 60.4 Å². The molecular weight excluding hydrogens is 414 g/mol. The molecule has 2 saturated heterocycles. The van der Waals surface area contributed by atoms with Crippen molar-refractivity contribution in [3.63, 3.8) is 0 Å². The minimum Gasteiger partial charge on any atom is -0.461 e. The van der Waals surface area contributed by atoms with Crippen molar-refractivity contribution in [2.45, 2.75) is 19.8 Å². The number of nitrogens with zero attached hydrogens (tertiary/aromatic N) is 2. The van der Waals surface area contributed by atoms with Crippen LogP contribution in [0.2, 0.25) is 0 Å². The largest absolute Gasteiger partial charge is 0.461 e. The van der Waals surface area contributed by atoms with Crippen LogP contribution in [0.5, 0.6) is 0 Å². The number of carbonyl (C=O) groups is 2. The minimum atomic E-state index is -0.274. The van der Waals surface area contributed by atoms with Gasteiger partial charge in [-0.15, -0.1) is 0 Å². The van der Waals surface area contributed by atoms with Crippen molar-refractivity contribution >= 4 is 17.5 Å². The molecule has 0 saturated carbocycles. The Bertz CT molecular complexity index is 1160. The van der Waals surface area contributed by atoms with Gasteiger partial charge in [0.2, 0.25) is 5.91 Å². The number of hydrogen-bond donors (Lipinski definition) is 1. The number of aryl methyl sites for hydroxylation is 2. The maximum Gasteiger partial charge on any atom is 0.257 e. The average molecular weight is 444 g/mol. The Kier molecular flexibility index (Phi) is 5.67. The summed E-state index contributed by atoms with van der Waals surface area (Å²) in [6, 6.07) is 20.1. The van der Waals surface area contributed by atoms with Crippen LogP contribution in [0, 0.1) is 18.8 Å². The molecule has 6 nitrogen and oxygen atoms in total. The van der Waals surface area contributed by atoms with E-state index in [9.17, 15) is 9.59 Å². The van der Waals surface area contributed by atoms with Gasteiger partial charge in [0, 0.05) is 55.7 Å². The van der Waals surface area contributed by atoms with Crippen molar-refractivity contribution in [1.29, 1.82) is 0 Å². The maximum absolute atomic E-state index is 13.3. The van der Waals surface area contributed by atoms with Gasteiger partial charge in [0.25, 0.3) is 5.91 Å². The molecule has 2 aromatic carbocycles. The van der Waals surface area contributed by atoms with Crippen molar-refractivity contribution in [3.8, 4) is 11.3 Å². The Morgan fingerprint density at radius 3 is 2.39 bits per heavy atom. The lowest BCUT2D eigenvalue weighted by Gasteiger charge is -2.23. The summed E-state index contributed by atoms with van der Waals surface area (Å²) in [6.45, 7) is 5.28. The van der Waals surface area contributed by atoms with Crippen molar-refractivity contribution in [3.05, 3.63) is 77.6 Å². The third-order valence-corrected chi connectivity index (χ3v) is 6.92. The molecule has 2 aliphatic heterocycles. The lowest BCUT2D eigenvalue weighted by molar-refractivity contribution is -0.117. The van der Waals surface area contributed by atoms with Crippen LogP contribution in [0.4, 0.5) is 5.69 Å². The fourth-order valence-electron chi connectivity index (χ4n) is 5.16. The van der Waals surface area contributed by atoms with Crippen LogP contribution < -0.4 is 10.6 Å². The SMILES string of the molecule is Cc1oc(-c2ccccc2)cc1C(=O)N1CC2CN(c3cccc(CCC(N)=O)c3)CC2C1. The molecule has 0 radical (unpaired) electrons. The van der Waals surface area contributed by atoms with E-state index in [0.29, 0.717) is 36.0 Å². The highest BCUT2D eigenvalue weighted by Crippen LogP contribution is 2.36. The second-order valence-electron chi connectivity index (χ2n) is 9.22. The number of anilines is 1. The standard InChI is InChI=1S/C27H29N3O3/c1-18-24(13-25(33-18)20-7-3-2-4-8-20)27(32)30-16-21-14-29(15-22(21)17-30)23-9-5-6-19(12-23)10-11-26(28)31/h2-9,12-13,21-22H,10-11,14-17H2,1H3,(H2,28,31). The molecule has 0 aliphatic carbocycles. The quantitative estimate of drug-likeness (QED) is 0.627. The van der Waals surface area contributed by atoms with Gasteiger partial charge in [0.1, 0.15) is 11.5 Å². The molecule has 2 aliphatic rings. The van der Waals surface area contributed by atoms with E-state index in [-0.39, 0.29) is 11.8 Å². The molecule has 2 atom stereocenters. The van der Waals surface area contributed by atoms with Crippen molar-refractivity contribution in [1.82, 2.24) is 4.90 Å². The van der Waals surface area contributed by atoms with Crippen LogP contribution >= 0.6 is 0 Å². The fraction of sp³-hybridized carbons (Fsp3) is 0.333. The van der Waals surface area contributed by atoms with E-state index in [0.717, 1.165) is 43.1 Å². The van der Waals surface area contributed by atoms with E-state index in [1.54, 1.807) is 0 Å². The normalized spacial score (nSPS) is 19.7. The fourth-order valence-corrected chi connectivity index (χ4v) is 5.16. The molecule has 170 valence electrons. The molecule has 0 bridgehead atoms. The summed E-state index contributed by atoms with van der Waals surface area (Å²) in [5.74, 6) is 2.12. The number of hydrogen-bond acceptors (Lipinski definition) is 4. The molecule has 2 N–H and O–H groups in total. The first-order chi connectivity index (χ1) is 16.0. The summed E-state index contributed by atoms with van der Waals surface area (Å²) in [6.07, 6.45) is 1.03. The number of primary amides is 1. The van der Waals surface area contributed by atoms with Gasteiger partial charge in [-0.1, -0.05) is 42.5 Å². The lowest BCUT2D eigenvalue weighted by atomic mass is 10.0. The van der Waals surface area contributed by atoms with Crippen LogP contribution in [0.15, 0.2) is 65.1 Å². The van der Waals surface area contributed by atoms with Gasteiger partial charge in [-0.25, -0.2) is 0 Å². The Morgan fingerprint density at radius 1 is 0.970 bits per heavy atom. The smallest absolute Gasteiger partial charge is 0.257 e. The highest BCUT2D eigenvalue weighted by Gasteiger charge is 2.42. The zero-order valence-corrected chi connectivity index (χ0v) is 18.9. The number of likely N-dealkylation sites (tertiary alicyclic amines) is 1. The Hall–Kier alpha value is -3.54. The number of amides is 2. The number of furan rings is 1. The van der Waals surface area contributed by atoms with E-state index in [4.69, 9.17) is 10.2 Å². The number of fused-ring (bicyclic) bond motifs is 1. The van der Waals surface area contributed by atoms with Gasteiger partial charge in [0.05, 0.1) is 5.56 Å². The number of nitrogens with two attached hydrogens (primary N) is 1. The van der Waals surface area contributed by atoms with Gasteiger partial charge in [-0.3, -0.25) is 9.59 Å². The van der Waals surface area contributed by atoms with Crippen molar-refractivity contribution in [2.75, 3.05) is 31.1 Å². The van der Waals surface area contributed by atoms with Crippen molar-refractivity contribution in [2.24, 2.45) is 17.6 Å². The third kappa shape index (κ3) is 4.38. The van der Waals surface area contributed by atoms with Gasteiger partial charge in [-0.2, -0.15) is 0 Å². The summed E-state index contributed by atoms with van der Waals surface area (Å²) in [7, 11) is 0. The third-order valence-electron chi connectivity index (χ3n) is 6.92. The molecule has 5 rings (SSSR count). The predicted molar refractivity (Wildman–Crippen MR) is 128 cm³/mol.